The van der Waals surface area contributed by atoms with Crippen molar-refractivity contribution in [2.75, 3.05) is 37.9 Å². The molecular formula is C22H28N4O3. The van der Waals surface area contributed by atoms with Gasteiger partial charge < -0.3 is 19.7 Å². The minimum Gasteiger partial charge on any atom is -0.454 e. The molecule has 2 aliphatic rings. The van der Waals surface area contributed by atoms with E-state index < -0.39 is 0 Å². The first-order valence-electron chi connectivity index (χ1n) is 10.2. The molecule has 3 heterocycles. The third kappa shape index (κ3) is 4.62. The van der Waals surface area contributed by atoms with Crippen LogP contribution in [-0.2, 0) is 6.54 Å². The number of anilines is 1. The molecule has 1 aromatic heterocycles. The molecule has 154 valence electrons. The van der Waals surface area contributed by atoms with Gasteiger partial charge in [-0.1, -0.05) is 13.0 Å². The van der Waals surface area contributed by atoms with Gasteiger partial charge in [0, 0.05) is 50.5 Å². The van der Waals surface area contributed by atoms with E-state index in [0.29, 0.717) is 12.4 Å². The van der Waals surface area contributed by atoms with Gasteiger partial charge in [-0.2, -0.15) is 0 Å². The molecular weight excluding hydrogens is 368 g/mol. The van der Waals surface area contributed by atoms with Crippen LogP contribution >= 0.6 is 0 Å². The second-order valence-electron chi connectivity index (χ2n) is 7.64. The van der Waals surface area contributed by atoms with Gasteiger partial charge in [0.15, 0.2) is 11.5 Å². The molecule has 1 unspecified atom stereocenters. The number of rotatable bonds is 6. The van der Waals surface area contributed by atoms with Crippen molar-refractivity contribution >= 4 is 11.7 Å². The van der Waals surface area contributed by atoms with Crippen molar-refractivity contribution in [3.05, 3.63) is 47.7 Å². The van der Waals surface area contributed by atoms with Crippen molar-refractivity contribution in [2.45, 2.75) is 32.9 Å². The lowest BCUT2D eigenvalue weighted by molar-refractivity contribution is 0.0939. The van der Waals surface area contributed by atoms with Crippen LogP contribution < -0.4 is 19.7 Å². The minimum absolute atomic E-state index is 0.0376. The fraction of sp³-hybridized carbons (Fsp3) is 0.455. The van der Waals surface area contributed by atoms with Crippen LogP contribution in [-0.4, -0.2) is 54.8 Å². The van der Waals surface area contributed by atoms with E-state index in [2.05, 4.69) is 39.2 Å². The topological polar surface area (TPSA) is 66.9 Å². The molecule has 2 aliphatic heterocycles. The maximum atomic E-state index is 12.4. The highest BCUT2D eigenvalue weighted by Crippen LogP contribution is 2.32. The van der Waals surface area contributed by atoms with Gasteiger partial charge >= 0.3 is 0 Å². The average molecular weight is 396 g/mol. The lowest BCUT2D eigenvalue weighted by Crippen LogP contribution is -2.46. The van der Waals surface area contributed by atoms with Crippen LogP contribution in [0, 0.1) is 0 Å². The predicted octanol–water partition coefficient (Wildman–Crippen LogP) is 2.66. The summed E-state index contributed by atoms with van der Waals surface area (Å²) in [5.41, 5.74) is 1.89. The molecule has 1 N–H and O–H groups in total. The summed E-state index contributed by atoms with van der Waals surface area (Å²) in [7, 11) is 0. The number of benzene rings is 1. The van der Waals surface area contributed by atoms with Gasteiger partial charge in [0.05, 0.1) is 0 Å². The second kappa shape index (κ2) is 8.69. The number of hydrogen-bond donors (Lipinski definition) is 1. The number of ether oxygens (including phenoxy) is 2. The Morgan fingerprint density at radius 2 is 1.93 bits per heavy atom. The van der Waals surface area contributed by atoms with Crippen molar-refractivity contribution in [1.82, 2.24) is 15.2 Å². The van der Waals surface area contributed by atoms with Gasteiger partial charge in [-0.3, -0.25) is 9.69 Å². The van der Waals surface area contributed by atoms with Gasteiger partial charge in [0.25, 0.3) is 5.91 Å². The lowest BCUT2D eigenvalue weighted by Gasteiger charge is -2.35. The van der Waals surface area contributed by atoms with E-state index in [1.54, 1.807) is 12.3 Å². The molecule has 0 spiro atoms. The molecule has 4 rings (SSSR count). The molecule has 2 aromatic rings. The number of nitrogens with zero attached hydrogens (tertiary/aromatic N) is 3. The molecule has 0 radical (unpaired) electrons. The van der Waals surface area contributed by atoms with Crippen LogP contribution in [0.2, 0.25) is 0 Å². The summed E-state index contributed by atoms with van der Waals surface area (Å²) in [6.45, 7) is 8.92. The van der Waals surface area contributed by atoms with Crippen LogP contribution in [0.15, 0.2) is 36.5 Å². The van der Waals surface area contributed by atoms with Crippen LogP contribution in [0.3, 0.4) is 0 Å². The van der Waals surface area contributed by atoms with E-state index in [1.807, 2.05) is 19.1 Å². The zero-order valence-electron chi connectivity index (χ0n) is 17.1. The SMILES string of the molecule is CCC(C)NC(=O)c1ccnc(N2CCN(Cc3ccc4c(c3)OCO4)CC2)c1. The Hall–Kier alpha value is -2.80. The van der Waals surface area contributed by atoms with E-state index in [4.69, 9.17) is 9.47 Å². The third-order valence-corrected chi connectivity index (χ3v) is 5.54. The standard InChI is InChI=1S/C22H28N4O3/c1-3-16(2)24-22(27)18-6-7-23-21(13-18)26-10-8-25(9-11-26)14-17-4-5-19-20(12-17)29-15-28-19/h4-7,12-13,16H,3,8-11,14-15H2,1-2H3,(H,24,27). The molecule has 1 aromatic carbocycles. The maximum absolute atomic E-state index is 12.4. The Balaban J connectivity index is 1.33. The third-order valence-electron chi connectivity index (χ3n) is 5.54. The first-order chi connectivity index (χ1) is 14.1. The summed E-state index contributed by atoms with van der Waals surface area (Å²) in [5.74, 6) is 2.48. The monoisotopic (exact) mass is 396 g/mol. The summed E-state index contributed by atoms with van der Waals surface area (Å²) in [6, 6.07) is 9.98. The quantitative estimate of drug-likeness (QED) is 0.810. The Morgan fingerprint density at radius 1 is 1.14 bits per heavy atom. The Kier molecular flexibility index (Phi) is 5.85. The summed E-state index contributed by atoms with van der Waals surface area (Å²) in [6.07, 6.45) is 2.63. The van der Waals surface area contributed by atoms with Crippen molar-refractivity contribution in [3.63, 3.8) is 0 Å². The maximum Gasteiger partial charge on any atom is 0.251 e. The highest BCUT2D eigenvalue weighted by molar-refractivity contribution is 5.95. The summed E-state index contributed by atoms with van der Waals surface area (Å²) in [4.78, 5) is 21.6. The van der Waals surface area contributed by atoms with Gasteiger partial charge in [-0.25, -0.2) is 4.98 Å². The minimum atomic E-state index is -0.0376. The van der Waals surface area contributed by atoms with Gasteiger partial charge in [0.2, 0.25) is 6.79 Å². The van der Waals surface area contributed by atoms with Crippen molar-refractivity contribution in [1.29, 1.82) is 0 Å². The Labute approximate surface area is 171 Å². The first kappa shape index (κ1) is 19.5. The molecule has 1 saturated heterocycles. The number of carbonyl (C=O) groups excluding carboxylic acids is 1. The van der Waals surface area contributed by atoms with Gasteiger partial charge in [-0.05, 0) is 43.2 Å². The number of amides is 1. The number of pyridine rings is 1. The molecule has 7 nitrogen and oxygen atoms in total. The van der Waals surface area contributed by atoms with E-state index >= 15 is 0 Å². The number of aromatic nitrogens is 1. The highest BCUT2D eigenvalue weighted by Gasteiger charge is 2.20. The molecule has 7 heteroatoms. The number of piperazine rings is 1. The van der Waals surface area contributed by atoms with Crippen molar-refractivity contribution < 1.29 is 14.3 Å². The van der Waals surface area contributed by atoms with E-state index in [-0.39, 0.29) is 11.9 Å². The number of hydrogen-bond acceptors (Lipinski definition) is 6. The summed E-state index contributed by atoms with van der Waals surface area (Å²) >= 11 is 0. The molecule has 1 amide bonds. The predicted molar refractivity (Wildman–Crippen MR) is 112 cm³/mol. The Morgan fingerprint density at radius 3 is 2.72 bits per heavy atom. The summed E-state index contributed by atoms with van der Waals surface area (Å²) in [5, 5.41) is 3.02. The molecule has 1 atom stereocenters. The zero-order valence-corrected chi connectivity index (χ0v) is 17.1. The Bertz CT molecular complexity index is 865. The molecule has 29 heavy (non-hydrogen) atoms. The van der Waals surface area contributed by atoms with Crippen molar-refractivity contribution in [3.8, 4) is 11.5 Å². The smallest absolute Gasteiger partial charge is 0.251 e. The van der Waals surface area contributed by atoms with Crippen LogP contribution in [0.4, 0.5) is 5.82 Å². The van der Waals surface area contributed by atoms with E-state index in [1.165, 1.54) is 5.56 Å². The van der Waals surface area contributed by atoms with E-state index in [9.17, 15) is 4.79 Å². The normalized spacial score (nSPS) is 17.2. The van der Waals surface area contributed by atoms with Gasteiger partial charge in [0.1, 0.15) is 5.82 Å². The number of fused-ring (bicyclic) bond motifs is 1. The molecule has 0 saturated carbocycles. The first-order valence-corrected chi connectivity index (χ1v) is 10.2. The fourth-order valence-corrected chi connectivity index (χ4v) is 3.57. The molecule has 0 bridgehead atoms. The largest absolute Gasteiger partial charge is 0.454 e. The highest BCUT2D eigenvalue weighted by atomic mass is 16.7. The van der Waals surface area contributed by atoms with Crippen LogP contribution in [0.5, 0.6) is 11.5 Å². The van der Waals surface area contributed by atoms with Gasteiger partial charge in [-0.15, -0.1) is 0 Å². The number of nitrogens with one attached hydrogen (secondary N) is 1. The lowest BCUT2D eigenvalue weighted by atomic mass is 10.1. The zero-order chi connectivity index (χ0) is 20.2. The second-order valence-corrected chi connectivity index (χ2v) is 7.64. The average Bonchev–Trinajstić information content (AvgIpc) is 3.22. The molecule has 0 aliphatic carbocycles. The van der Waals surface area contributed by atoms with Crippen LogP contribution in [0.25, 0.3) is 0 Å². The van der Waals surface area contributed by atoms with Crippen LogP contribution in [0.1, 0.15) is 36.2 Å². The molecule has 1 fully saturated rings. The fourth-order valence-electron chi connectivity index (χ4n) is 3.57. The van der Waals surface area contributed by atoms with E-state index in [0.717, 1.165) is 56.5 Å². The van der Waals surface area contributed by atoms with Crippen molar-refractivity contribution in [2.24, 2.45) is 0 Å². The summed E-state index contributed by atoms with van der Waals surface area (Å²) < 4.78 is 10.9. The number of carbonyl (C=O) groups is 1.